The van der Waals surface area contributed by atoms with Gasteiger partial charge in [0.15, 0.2) is 11.8 Å². The number of guanidine groups is 1. The third-order valence-electron chi connectivity index (χ3n) is 6.12. The van der Waals surface area contributed by atoms with Crippen molar-refractivity contribution in [2.75, 3.05) is 20.1 Å². The Hall–Kier alpha value is -2.12. The highest BCUT2D eigenvalue weighted by Gasteiger charge is 2.31. The van der Waals surface area contributed by atoms with Gasteiger partial charge in [0.2, 0.25) is 5.91 Å². The smallest absolute Gasteiger partial charge is 0.225 e. The van der Waals surface area contributed by atoms with Crippen LogP contribution in [0.5, 0.6) is 0 Å². The summed E-state index contributed by atoms with van der Waals surface area (Å²) in [5, 5.41) is 15.3. The SMILES string of the molecule is CN=C(NCc1nnc2n1CCC2)NC1CCN(C(=O)C2CCCCC2)C1. The van der Waals surface area contributed by atoms with Gasteiger partial charge in [0.25, 0.3) is 0 Å². The first-order valence-corrected chi connectivity index (χ1v) is 10.4. The monoisotopic (exact) mass is 373 g/mol. The number of carbonyl (C=O) groups excluding carboxylic acids is 1. The molecule has 1 atom stereocenters. The van der Waals surface area contributed by atoms with Crippen molar-refractivity contribution in [2.24, 2.45) is 10.9 Å². The van der Waals surface area contributed by atoms with Crippen molar-refractivity contribution in [3.63, 3.8) is 0 Å². The largest absolute Gasteiger partial charge is 0.352 e. The molecular weight excluding hydrogens is 342 g/mol. The molecule has 8 nitrogen and oxygen atoms in total. The Morgan fingerprint density at radius 1 is 1.15 bits per heavy atom. The van der Waals surface area contributed by atoms with Crippen LogP contribution in [0.2, 0.25) is 0 Å². The highest BCUT2D eigenvalue weighted by molar-refractivity contribution is 5.81. The summed E-state index contributed by atoms with van der Waals surface area (Å²) in [6.45, 7) is 3.24. The average molecular weight is 374 g/mol. The van der Waals surface area contributed by atoms with E-state index in [2.05, 4.69) is 30.4 Å². The predicted molar refractivity (Wildman–Crippen MR) is 103 cm³/mol. The van der Waals surface area contributed by atoms with Gasteiger partial charge in [0.1, 0.15) is 5.82 Å². The molecule has 2 aliphatic heterocycles. The van der Waals surface area contributed by atoms with Gasteiger partial charge in [-0.15, -0.1) is 10.2 Å². The van der Waals surface area contributed by atoms with Crippen LogP contribution in [0.15, 0.2) is 4.99 Å². The molecule has 0 aromatic carbocycles. The van der Waals surface area contributed by atoms with Gasteiger partial charge >= 0.3 is 0 Å². The Kier molecular flexibility index (Phi) is 5.59. The number of amides is 1. The lowest BCUT2D eigenvalue weighted by atomic mass is 9.88. The van der Waals surface area contributed by atoms with Gasteiger partial charge in [-0.05, 0) is 25.7 Å². The van der Waals surface area contributed by atoms with E-state index in [-0.39, 0.29) is 12.0 Å². The zero-order valence-corrected chi connectivity index (χ0v) is 16.3. The van der Waals surface area contributed by atoms with Gasteiger partial charge in [0, 0.05) is 45.1 Å². The van der Waals surface area contributed by atoms with Crippen LogP contribution in [-0.2, 0) is 24.3 Å². The zero-order valence-electron chi connectivity index (χ0n) is 16.3. The van der Waals surface area contributed by atoms with Crippen molar-refractivity contribution in [1.82, 2.24) is 30.3 Å². The van der Waals surface area contributed by atoms with Crippen molar-refractivity contribution >= 4 is 11.9 Å². The van der Waals surface area contributed by atoms with E-state index in [1.807, 2.05) is 4.90 Å². The van der Waals surface area contributed by atoms with E-state index in [4.69, 9.17) is 0 Å². The number of likely N-dealkylation sites (tertiary alicyclic amines) is 1. The van der Waals surface area contributed by atoms with E-state index < -0.39 is 0 Å². The van der Waals surface area contributed by atoms with Gasteiger partial charge < -0.3 is 20.1 Å². The first-order valence-electron chi connectivity index (χ1n) is 10.4. The summed E-state index contributed by atoms with van der Waals surface area (Å²) in [4.78, 5) is 19.1. The van der Waals surface area contributed by atoms with E-state index in [1.165, 1.54) is 19.3 Å². The fourth-order valence-corrected chi connectivity index (χ4v) is 4.58. The van der Waals surface area contributed by atoms with E-state index >= 15 is 0 Å². The lowest BCUT2D eigenvalue weighted by Crippen LogP contribution is -2.45. The number of nitrogens with zero attached hydrogens (tertiary/aromatic N) is 5. The molecule has 3 heterocycles. The Labute approximate surface area is 160 Å². The average Bonchev–Trinajstić information content (AvgIpc) is 3.43. The van der Waals surface area contributed by atoms with Gasteiger partial charge in [0.05, 0.1) is 6.54 Å². The number of aryl methyl sites for hydroxylation is 1. The maximum Gasteiger partial charge on any atom is 0.225 e. The minimum Gasteiger partial charge on any atom is -0.352 e. The second-order valence-electron chi connectivity index (χ2n) is 7.96. The van der Waals surface area contributed by atoms with Crippen LogP contribution in [0, 0.1) is 5.92 Å². The quantitative estimate of drug-likeness (QED) is 0.609. The highest BCUT2D eigenvalue weighted by Crippen LogP contribution is 2.26. The van der Waals surface area contributed by atoms with E-state index in [1.54, 1.807) is 7.05 Å². The first kappa shape index (κ1) is 18.3. The molecule has 1 amide bonds. The lowest BCUT2D eigenvalue weighted by molar-refractivity contribution is -0.135. The van der Waals surface area contributed by atoms with Crippen molar-refractivity contribution in [3.05, 3.63) is 11.6 Å². The Morgan fingerprint density at radius 3 is 2.81 bits per heavy atom. The molecule has 0 bridgehead atoms. The van der Waals surface area contributed by atoms with Crippen molar-refractivity contribution in [1.29, 1.82) is 0 Å². The maximum atomic E-state index is 12.7. The molecular formula is C19H31N7O. The van der Waals surface area contributed by atoms with E-state index in [9.17, 15) is 4.79 Å². The summed E-state index contributed by atoms with van der Waals surface area (Å²) in [5.74, 6) is 3.43. The van der Waals surface area contributed by atoms with Crippen LogP contribution in [0.4, 0.5) is 0 Å². The Morgan fingerprint density at radius 2 is 2.00 bits per heavy atom. The number of hydrogen-bond donors (Lipinski definition) is 2. The molecule has 1 aromatic rings. The van der Waals surface area contributed by atoms with Crippen LogP contribution in [0.1, 0.15) is 56.6 Å². The molecule has 2 fully saturated rings. The number of aromatic nitrogens is 3. The number of aliphatic imine (C=N–C) groups is 1. The van der Waals surface area contributed by atoms with Crippen molar-refractivity contribution in [2.45, 2.75) is 70.5 Å². The predicted octanol–water partition coefficient (Wildman–Crippen LogP) is 1.07. The molecule has 4 rings (SSSR count). The van der Waals surface area contributed by atoms with Crippen molar-refractivity contribution < 1.29 is 4.79 Å². The molecule has 1 aliphatic carbocycles. The first-order chi connectivity index (χ1) is 13.2. The summed E-state index contributed by atoms with van der Waals surface area (Å²) in [7, 11) is 1.78. The second-order valence-corrected chi connectivity index (χ2v) is 7.96. The number of fused-ring (bicyclic) bond motifs is 1. The molecule has 1 saturated heterocycles. The lowest BCUT2D eigenvalue weighted by Gasteiger charge is -2.26. The molecule has 0 spiro atoms. The summed E-state index contributed by atoms with van der Waals surface area (Å²) < 4.78 is 2.19. The topological polar surface area (TPSA) is 87.4 Å². The summed E-state index contributed by atoms with van der Waals surface area (Å²) in [6.07, 6.45) is 8.97. The van der Waals surface area contributed by atoms with E-state index in [0.717, 1.165) is 69.3 Å². The molecule has 27 heavy (non-hydrogen) atoms. The van der Waals surface area contributed by atoms with Gasteiger partial charge in [-0.2, -0.15) is 0 Å². The summed E-state index contributed by atoms with van der Waals surface area (Å²) in [6, 6.07) is 0.257. The highest BCUT2D eigenvalue weighted by atomic mass is 16.2. The number of carbonyl (C=O) groups is 1. The van der Waals surface area contributed by atoms with Gasteiger partial charge in [-0.25, -0.2) is 0 Å². The summed E-state index contributed by atoms with van der Waals surface area (Å²) >= 11 is 0. The number of rotatable bonds is 4. The van der Waals surface area contributed by atoms with E-state index in [0.29, 0.717) is 12.5 Å². The molecule has 1 saturated carbocycles. The summed E-state index contributed by atoms with van der Waals surface area (Å²) in [5.41, 5.74) is 0. The maximum absolute atomic E-state index is 12.7. The van der Waals surface area contributed by atoms with Gasteiger partial charge in [-0.1, -0.05) is 19.3 Å². The fourth-order valence-electron chi connectivity index (χ4n) is 4.58. The molecule has 148 valence electrons. The Balaban J connectivity index is 1.26. The van der Waals surface area contributed by atoms with Crippen LogP contribution in [0.25, 0.3) is 0 Å². The van der Waals surface area contributed by atoms with Crippen LogP contribution >= 0.6 is 0 Å². The van der Waals surface area contributed by atoms with Crippen molar-refractivity contribution in [3.8, 4) is 0 Å². The number of hydrogen-bond acceptors (Lipinski definition) is 4. The minimum atomic E-state index is 0.255. The van der Waals surface area contributed by atoms with Gasteiger partial charge in [-0.3, -0.25) is 9.79 Å². The Bertz CT molecular complexity index is 692. The van der Waals surface area contributed by atoms with Crippen LogP contribution in [0.3, 0.4) is 0 Å². The molecule has 0 radical (unpaired) electrons. The fraction of sp³-hybridized carbons (Fsp3) is 0.789. The second kappa shape index (κ2) is 8.27. The van der Waals surface area contributed by atoms with Crippen LogP contribution in [-0.4, -0.2) is 57.7 Å². The normalized spacial score (nSPS) is 23.5. The molecule has 1 aromatic heterocycles. The zero-order chi connectivity index (χ0) is 18.6. The standard InChI is InChI=1S/C19H31N7O/c1-20-19(21-12-17-24-23-16-8-5-10-26(16)17)22-15-9-11-25(13-15)18(27)14-6-3-2-4-7-14/h14-15H,2-13H2,1H3,(H2,20,21,22). The van der Waals surface area contributed by atoms with Crippen LogP contribution < -0.4 is 10.6 Å². The minimum absolute atomic E-state index is 0.255. The number of nitrogens with one attached hydrogen (secondary N) is 2. The molecule has 1 unspecified atom stereocenters. The molecule has 3 aliphatic rings. The third kappa shape index (κ3) is 4.09. The molecule has 8 heteroatoms. The third-order valence-corrected chi connectivity index (χ3v) is 6.12. The molecule has 2 N–H and O–H groups in total.